The first-order chi connectivity index (χ1) is 3.98. The summed E-state index contributed by atoms with van der Waals surface area (Å²) in [5.74, 6) is 0. The Labute approximate surface area is 56.3 Å². The van der Waals surface area contributed by atoms with Gasteiger partial charge in [-0.3, -0.25) is 0 Å². The fourth-order valence-corrected chi connectivity index (χ4v) is 1.14. The fourth-order valence-electron chi connectivity index (χ4n) is 0.571. The van der Waals surface area contributed by atoms with Crippen LogP contribution in [0.3, 0.4) is 0 Å². The molecule has 0 rings (SSSR count). The zero-order chi connectivity index (χ0) is 7.49. The van der Waals surface area contributed by atoms with E-state index in [1.807, 2.05) is 6.92 Å². The number of nitrogens with two attached hydrogens (primary N) is 1. The molecule has 0 aliphatic rings. The summed E-state index contributed by atoms with van der Waals surface area (Å²) in [5, 5.41) is 4.45. The molecule has 2 N–H and O–H groups in total. The van der Waals surface area contributed by atoms with Crippen molar-refractivity contribution in [1.29, 1.82) is 0 Å². The second-order valence-electron chi connectivity index (χ2n) is 2.19. The monoisotopic (exact) mass is 151 g/mol. The third kappa shape index (κ3) is 3.48. The first kappa shape index (κ1) is 8.91. The van der Waals surface area contributed by atoms with Crippen molar-refractivity contribution in [3.8, 4) is 0 Å². The van der Waals surface area contributed by atoms with Crippen molar-refractivity contribution < 1.29 is 8.42 Å². The van der Waals surface area contributed by atoms with Crippen molar-refractivity contribution in [3.05, 3.63) is 0 Å². The van der Waals surface area contributed by atoms with E-state index < -0.39 is 10.0 Å². The van der Waals surface area contributed by atoms with Gasteiger partial charge in [-0.15, -0.1) is 0 Å². The Bertz CT molecular complexity index is 162. The number of hydrogen-bond donors (Lipinski definition) is 1. The van der Waals surface area contributed by atoms with Crippen molar-refractivity contribution in [2.75, 3.05) is 0 Å². The molecule has 0 bridgehead atoms. The Balaban J connectivity index is 3.90. The van der Waals surface area contributed by atoms with E-state index in [1.165, 1.54) is 0 Å². The zero-order valence-electron chi connectivity index (χ0n) is 5.79. The SMILES string of the molecule is CCC[C@@H](C)S(N)(=O)=O. The molecule has 9 heavy (non-hydrogen) atoms. The van der Waals surface area contributed by atoms with Crippen LogP contribution in [-0.2, 0) is 10.0 Å². The molecule has 0 unspecified atom stereocenters. The Morgan fingerprint density at radius 2 is 2.00 bits per heavy atom. The van der Waals surface area contributed by atoms with Crippen molar-refractivity contribution in [1.82, 2.24) is 0 Å². The highest BCUT2D eigenvalue weighted by molar-refractivity contribution is 7.89. The van der Waals surface area contributed by atoms with E-state index in [9.17, 15) is 8.42 Å². The van der Waals surface area contributed by atoms with Gasteiger partial charge in [0.25, 0.3) is 0 Å². The Hall–Kier alpha value is -0.0900. The summed E-state index contributed by atoms with van der Waals surface area (Å²) >= 11 is 0. The minimum atomic E-state index is -3.26. The molecule has 1 atom stereocenters. The smallest absolute Gasteiger partial charge is 0.211 e. The summed E-state index contributed by atoms with van der Waals surface area (Å²) in [6.45, 7) is 3.56. The van der Waals surface area contributed by atoms with Gasteiger partial charge in [-0.25, -0.2) is 13.6 Å². The standard InChI is InChI=1S/C5H13NO2S/c1-3-4-5(2)9(6,7)8/h5H,3-4H2,1-2H3,(H2,6,7,8)/t5-/m1/s1. The van der Waals surface area contributed by atoms with E-state index >= 15 is 0 Å². The van der Waals surface area contributed by atoms with Crippen LogP contribution < -0.4 is 5.14 Å². The molecule has 0 aromatic heterocycles. The molecule has 0 heterocycles. The topological polar surface area (TPSA) is 60.2 Å². The maximum Gasteiger partial charge on any atom is 0.211 e. The van der Waals surface area contributed by atoms with Crippen LogP contribution in [0.15, 0.2) is 0 Å². The second kappa shape index (κ2) is 3.17. The largest absolute Gasteiger partial charge is 0.228 e. The van der Waals surface area contributed by atoms with Gasteiger partial charge in [-0.1, -0.05) is 13.3 Å². The summed E-state index contributed by atoms with van der Waals surface area (Å²) in [5.41, 5.74) is 0. The van der Waals surface area contributed by atoms with Crippen LogP contribution in [0.5, 0.6) is 0 Å². The zero-order valence-corrected chi connectivity index (χ0v) is 6.61. The number of hydrogen-bond acceptors (Lipinski definition) is 2. The third-order valence-corrected chi connectivity index (χ3v) is 2.61. The van der Waals surface area contributed by atoms with Gasteiger partial charge in [0.2, 0.25) is 10.0 Å². The van der Waals surface area contributed by atoms with E-state index in [0.717, 1.165) is 6.42 Å². The summed E-state index contributed by atoms with van der Waals surface area (Å²) in [6.07, 6.45) is 1.51. The molecule has 0 radical (unpaired) electrons. The first-order valence-corrected chi connectivity index (χ1v) is 4.61. The van der Waals surface area contributed by atoms with E-state index in [-0.39, 0.29) is 5.25 Å². The van der Waals surface area contributed by atoms with Crippen molar-refractivity contribution in [3.63, 3.8) is 0 Å². The highest BCUT2D eigenvalue weighted by atomic mass is 32.2. The van der Waals surface area contributed by atoms with Crippen LogP contribution in [0.25, 0.3) is 0 Å². The van der Waals surface area contributed by atoms with Crippen LogP contribution in [0, 0.1) is 0 Å². The van der Waals surface area contributed by atoms with Gasteiger partial charge in [-0.05, 0) is 13.3 Å². The number of primary sulfonamides is 1. The molecular weight excluding hydrogens is 138 g/mol. The van der Waals surface area contributed by atoms with Crippen LogP contribution in [0.2, 0.25) is 0 Å². The maximum absolute atomic E-state index is 10.5. The lowest BCUT2D eigenvalue weighted by Gasteiger charge is -2.04. The number of sulfonamides is 1. The molecule has 0 spiro atoms. The summed E-state index contributed by atoms with van der Waals surface area (Å²) in [4.78, 5) is 0. The van der Waals surface area contributed by atoms with E-state index in [4.69, 9.17) is 5.14 Å². The Morgan fingerprint density at radius 1 is 1.56 bits per heavy atom. The molecule has 0 saturated carbocycles. The normalized spacial score (nSPS) is 15.4. The molecule has 0 aromatic rings. The van der Waals surface area contributed by atoms with Gasteiger partial charge in [0.05, 0.1) is 5.25 Å². The molecule has 56 valence electrons. The molecule has 3 nitrogen and oxygen atoms in total. The Kier molecular flexibility index (Phi) is 3.14. The average Bonchev–Trinajstić information content (AvgIpc) is 1.64. The van der Waals surface area contributed by atoms with Gasteiger partial charge in [0, 0.05) is 0 Å². The fraction of sp³-hybridized carbons (Fsp3) is 1.00. The van der Waals surface area contributed by atoms with Crippen molar-refractivity contribution >= 4 is 10.0 Å². The lowest BCUT2D eigenvalue weighted by Crippen LogP contribution is -2.25. The summed E-state index contributed by atoms with van der Waals surface area (Å²) in [6, 6.07) is 0. The van der Waals surface area contributed by atoms with E-state index in [0.29, 0.717) is 6.42 Å². The predicted octanol–water partition coefficient (Wildman–Crippen LogP) is 0.464. The van der Waals surface area contributed by atoms with Crippen molar-refractivity contribution in [2.45, 2.75) is 31.9 Å². The van der Waals surface area contributed by atoms with Crippen LogP contribution in [0.4, 0.5) is 0 Å². The molecule has 0 amide bonds. The molecule has 0 fully saturated rings. The third-order valence-electron chi connectivity index (χ3n) is 1.26. The molecule has 4 heteroatoms. The number of rotatable bonds is 3. The predicted molar refractivity (Wildman–Crippen MR) is 37.5 cm³/mol. The highest BCUT2D eigenvalue weighted by Crippen LogP contribution is 2.02. The van der Waals surface area contributed by atoms with E-state index in [2.05, 4.69) is 0 Å². The second-order valence-corrected chi connectivity index (χ2v) is 4.17. The maximum atomic E-state index is 10.5. The van der Waals surface area contributed by atoms with Gasteiger partial charge in [0.1, 0.15) is 0 Å². The lowest BCUT2D eigenvalue weighted by atomic mass is 10.3. The Morgan fingerprint density at radius 3 is 2.11 bits per heavy atom. The summed E-state index contributed by atoms with van der Waals surface area (Å²) in [7, 11) is -3.26. The molecule has 0 aliphatic heterocycles. The van der Waals surface area contributed by atoms with Crippen LogP contribution in [0.1, 0.15) is 26.7 Å². The lowest BCUT2D eigenvalue weighted by molar-refractivity contribution is 0.577. The molecule has 0 saturated heterocycles. The minimum absolute atomic E-state index is 0.387. The van der Waals surface area contributed by atoms with Crippen LogP contribution in [-0.4, -0.2) is 13.7 Å². The van der Waals surface area contributed by atoms with Crippen molar-refractivity contribution in [2.24, 2.45) is 5.14 Å². The average molecular weight is 151 g/mol. The quantitative estimate of drug-likeness (QED) is 0.637. The van der Waals surface area contributed by atoms with Gasteiger partial charge in [0.15, 0.2) is 0 Å². The molecule has 0 aromatic carbocycles. The summed E-state index contributed by atoms with van der Waals surface area (Å²) < 4.78 is 21.0. The molecule has 0 aliphatic carbocycles. The van der Waals surface area contributed by atoms with Gasteiger partial charge < -0.3 is 0 Å². The van der Waals surface area contributed by atoms with Gasteiger partial charge in [-0.2, -0.15) is 0 Å². The highest BCUT2D eigenvalue weighted by Gasteiger charge is 2.12. The van der Waals surface area contributed by atoms with E-state index in [1.54, 1.807) is 6.92 Å². The first-order valence-electron chi connectivity index (χ1n) is 3.00. The van der Waals surface area contributed by atoms with Crippen LogP contribution >= 0.6 is 0 Å². The molecular formula is C5H13NO2S. The minimum Gasteiger partial charge on any atom is -0.228 e. The van der Waals surface area contributed by atoms with Gasteiger partial charge >= 0.3 is 0 Å².